The molecule has 0 spiro atoms. The van der Waals surface area contributed by atoms with Gasteiger partial charge in [-0.3, -0.25) is 9.59 Å². The normalized spacial score (nSPS) is 19.6. The number of ether oxygens (including phenoxy) is 2. The zero-order chi connectivity index (χ0) is 25.4. The van der Waals surface area contributed by atoms with E-state index in [2.05, 4.69) is 26.3 Å². The van der Waals surface area contributed by atoms with Crippen molar-refractivity contribution in [1.82, 2.24) is 25.2 Å². The van der Waals surface area contributed by atoms with Gasteiger partial charge in [-0.15, -0.1) is 0 Å². The fraction of sp³-hybridized carbons (Fsp3) is 0.481. The molecule has 1 saturated heterocycles. The summed E-state index contributed by atoms with van der Waals surface area (Å²) in [5.74, 6) is 1.13. The summed E-state index contributed by atoms with van der Waals surface area (Å²) in [4.78, 5) is 39.9. The molecule has 9 heteroatoms. The van der Waals surface area contributed by atoms with Crippen molar-refractivity contribution in [3.63, 3.8) is 0 Å². The molecule has 0 radical (unpaired) electrons. The summed E-state index contributed by atoms with van der Waals surface area (Å²) in [6.07, 6.45) is 4.61. The molecule has 1 saturated carbocycles. The molecule has 2 aromatic heterocycles. The van der Waals surface area contributed by atoms with Gasteiger partial charge in [-0.05, 0) is 58.1 Å². The van der Waals surface area contributed by atoms with Crippen molar-refractivity contribution in [1.29, 1.82) is 0 Å². The quantitative estimate of drug-likeness (QED) is 0.500. The minimum atomic E-state index is -0.212. The van der Waals surface area contributed by atoms with E-state index in [0.29, 0.717) is 47.8 Å². The summed E-state index contributed by atoms with van der Waals surface area (Å²) in [5.41, 5.74) is 5.18. The molecule has 1 aliphatic carbocycles. The number of benzene rings is 1. The van der Waals surface area contributed by atoms with Gasteiger partial charge in [-0.1, -0.05) is 11.6 Å². The molecule has 9 nitrogen and oxygen atoms in total. The van der Waals surface area contributed by atoms with Crippen LogP contribution in [-0.2, 0) is 9.53 Å². The number of carbonyl (C=O) groups excluding carboxylic acids is 2. The largest absolute Gasteiger partial charge is 0.493 e. The highest BCUT2D eigenvalue weighted by atomic mass is 16.5. The lowest BCUT2D eigenvalue weighted by molar-refractivity contribution is -0.135. The first kappa shape index (κ1) is 24.2. The molecule has 2 fully saturated rings. The molecule has 3 aromatic rings. The Labute approximate surface area is 210 Å². The number of nitrogens with one attached hydrogen (secondary N) is 2. The van der Waals surface area contributed by atoms with E-state index < -0.39 is 0 Å². The molecular weight excluding hydrogens is 458 g/mol. The second-order valence-corrected chi connectivity index (χ2v) is 10.1. The molecule has 0 bridgehead atoms. The average molecular weight is 492 g/mol. The molecule has 190 valence electrons. The van der Waals surface area contributed by atoms with E-state index in [1.807, 2.05) is 32.9 Å². The van der Waals surface area contributed by atoms with Crippen LogP contribution in [0.2, 0.25) is 0 Å². The van der Waals surface area contributed by atoms with Crippen LogP contribution in [-0.4, -0.2) is 70.6 Å². The number of hydrogen-bond donors (Lipinski definition) is 2. The fourth-order valence-corrected chi connectivity index (χ4v) is 5.00. The van der Waals surface area contributed by atoms with Crippen LogP contribution < -0.4 is 10.1 Å². The molecule has 5 rings (SSSR count). The highest BCUT2D eigenvalue weighted by molar-refractivity contribution is 6.09. The number of amides is 2. The van der Waals surface area contributed by atoms with E-state index in [0.717, 1.165) is 22.6 Å². The Bertz CT molecular complexity index is 1300. The second kappa shape index (κ2) is 9.89. The molecule has 2 aliphatic rings. The Kier molecular flexibility index (Phi) is 6.66. The Morgan fingerprint density at radius 3 is 2.78 bits per heavy atom. The van der Waals surface area contributed by atoms with Crippen molar-refractivity contribution in [3.8, 4) is 17.0 Å². The Hall–Kier alpha value is -3.46. The molecule has 2 amide bonds. The van der Waals surface area contributed by atoms with E-state index in [1.165, 1.54) is 26.3 Å². The number of aromatic nitrogens is 3. The van der Waals surface area contributed by atoms with E-state index in [-0.39, 0.29) is 30.5 Å². The van der Waals surface area contributed by atoms with Crippen LogP contribution in [0.15, 0.2) is 24.5 Å². The summed E-state index contributed by atoms with van der Waals surface area (Å²) < 4.78 is 11.1. The number of nitrogens with zero attached hydrogens (tertiary/aromatic N) is 3. The third-order valence-electron chi connectivity index (χ3n) is 7.06. The Balaban J connectivity index is 1.42. The molecule has 3 heterocycles. The first-order valence-electron chi connectivity index (χ1n) is 12.5. The van der Waals surface area contributed by atoms with Crippen LogP contribution in [0.3, 0.4) is 0 Å². The monoisotopic (exact) mass is 491 g/mol. The predicted molar refractivity (Wildman–Crippen MR) is 136 cm³/mol. The standard InChI is InChI=1S/C27H33N5O4/c1-15-5-8-21(36-12-18-6-7-18)20(9-15)24-26-25(29-14-28-24)23(17(3)30-26)27(34)31-19-10-16(2)32(11-19)22(33)13-35-4/h5,8-9,14,16,18-19,30H,6-7,10-13H2,1-4H3,(H,31,34)/t16-,19+/m0/s1. The maximum Gasteiger partial charge on any atom is 0.255 e. The first-order chi connectivity index (χ1) is 17.4. The number of hydrogen-bond acceptors (Lipinski definition) is 6. The summed E-state index contributed by atoms with van der Waals surface area (Å²) >= 11 is 0. The van der Waals surface area contributed by atoms with Crippen LogP contribution in [0.4, 0.5) is 0 Å². The SMILES string of the molecule is COCC(=O)N1C[C@H](NC(=O)c2c(C)[nH]c3c(-c4cc(C)ccc4OCC4CC4)ncnc23)C[C@@H]1C. The highest BCUT2D eigenvalue weighted by Gasteiger charge is 2.34. The molecule has 36 heavy (non-hydrogen) atoms. The smallest absolute Gasteiger partial charge is 0.255 e. The Morgan fingerprint density at radius 2 is 2.03 bits per heavy atom. The topological polar surface area (TPSA) is 109 Å². The zero-order valence-corrected chi connectivity index (χ0v) is 21.3. The zero-order valence-electron chi connectivity index (χ0n) is 21.3. The number of rotatable bonds is 8. The highest BCUT2D eigenvalue weighted by Crippen LogP contribution is 2.37. The van der Waals surface area contributed by atoms with Gasteiger partial charge in [-0.25, -0.2) is 9.97 Å². The Morgan fingerprint density at radius 1 is 1.22 bits per heavy atom. The van der Waals surface area contributed by atoms with Gasteiger partial charge in [0.1, 0.15) is 29.9 Å². The summed E-state index contributed by atoms with van der Waals surface area (Å²) in [7, 11) is 1.51. The van der Waals surface area contributed by atoms with E-state index >= 15 is 0 Å². The van der Waals surface area contributed by atoms with Crippen molar-refractivity contribution < 1.29 is 19.1 Å². The van der Waals surface area contributed by atoms with Crippen LogP contribution >= 0.6 is 0 Å². The lowest BCUT2D eigenvalue weighted by Gasteiger charge is -2.20. The molecular formula is C27H33N5O4. The van der Waals surface area contributed by atoms with Crippen LogP contribution in [0, 0.1) is 19.8 Å². The fourth-order valence-electron chi connectivity index (χ4n) is 5.00. The second-order valence-electron chi connectivity index (χ2n) is 10.1. The van der Waals surface area contributed by atoms with Crippen LogP contribution in [0.5, 0.6) is 5.75 Å². The van der Waals surface area contributed by atoms with E-state index in [9.17, 15) is 9.59 Å². The number of aromatic amines is 1. The van der Waals surface area contributed by atoms with Gasteiger partial charge in [0.2, 0.25) is 5.91 Å². The van der Waals surface area contributed by atoms with Gasteiger partial charge >= 0.3 is 0 Å². The minimum absolute atomic E-state index is 0.0336. The maximum atomic E-state index is 13.4. The maximum absolute atomic E-state index is 13.4. The first-order valence-corrected chi connectivity index (χ1v) is 12.5. The van der Waals surface area contributed by atoms with Gasteiger partial charge in [0.05, 0.1) is 17.7 Å². The number of methoxy groups -OCH3 is 1. The third-order valence-corrected chi connectivity index (χ3v) is 7.06. The van der Waals surface area contributed by atoms with Gasteiger partial charge in [-0.2, -0.15) is 0 Å². The van der Waals surface area contributed by atoms with E-state index in [4.69, 9.17) is 9.47 Å². The van der Waals surface area contributed by atoms with Gasteiger partial charge < -0.3 is 24.7 Å². The van der Waals surface area contributed by atoms with Crippen molar-refractivity contribution in [2.45, 2.75) is 52.1 Å². The van der Waals surface area contributed by atoms with Gasteiger partial charge in [0, 0.05) is 37.0 Å². The molecule has 2 N–H and O–H groups in total. The van der Waals surface area contributed by atoms with Crippen molar-refractivity contribution >= 4 is 22.8 Å². The van der Waals surface area contributed by atoms with Crippen LogP contribution in [0.25, 0.3) is 22.3 Å². The summed E-state index contributed by atoms with van der Waals surface area (Å²) in [6.45, 7) is 7.09. The number of H-pyrrole nitrogens is 1. The molecule has 1 aliphatic heterocycles. The number of likely N-dealkylation sites (tertiary alicyclic amines) is 1. The summed E-state index contributed by atoms with van der Waals surface area (Å²) in [5, 5.41) is 3.11. The number of aryl methyl sites for hydroxylation is 2. The van der Waals surface area contributed by atoms with Crippen molar-refractivity contribution in [2.24, 2.45) is 5.92 Å². The third kappa shape index (κ3) is 4.80. The number of carbonyl (C=O) groups is 2. The van der Waals surface area contributed by atoms with E-state index in [1.54, 1.807) is 4.90 Å². The number of fused-ring (bicyclic) bond motifs is 1. The van der Waals surface area contributed by atoms with Crippen LogP contribution in [0.1, 0.15) is 47.8 Å². The molecule has 2 atom stereocenters. The minimum Gasteiger partial charge on any atom is -0.493 e. The summed E-state index contributed by atoms with van der Waals surface area (Å²) in [6, 6.07) is 5.98. The van der Waals surface area contributed by atoms with Crippen molar-refractivity contribution in [2.75, 3.05) is 26.9 Å². The van der Waals surface area contributed by atoms with Crippen molar-refractivity contribution in [3.05, 3.63) is 41.3 Å². The molecule has 1 aromatic carbocycles. The van der Waals surface area contributed by atoms with Gasteiger partial charge in [0.25, 0.3) is 5.91 Å². The lowest BCUT2D eigenvalue weighted by Crippen LogP contribution is -2.40. The average Bonchev–Trinajstić information content (AvgIpc) is 3.51. The molecule has 0 unspecified atom stereocenters. The predicted octanol–water partition coefficient (Wildman–Crippen LogP) is 3.40. The van der Waals surface area contributed by atoms with Gasteiger partial charge in [0.15, 0.2) is 0 Å². The lowest BCUT2D eigenvalue weighted by atomic mass is 10.1.